The molecule has 1 aromatic carbocycles. The minimum absolute atomic E-state index is 0.158. The quantitative estimate of drug-likeness (QED) is 0.391. The Balaban J connectivity index is 2.48. The highest BCUT2D eigenvalue weighted by Crippen LogP contribution is 2.28. The molecule has 0 atom stereocenters. The van der Waals surface area contributed by atoms with E-state index >= 15 is 0 Å². The second kappa shape index (κ2) is 12.0. The topological polar surface area (TPSA) is 120 Å². The van der Waals surface area contributed by atoms with Gasteiger partial charge in [0.15, 0.2) is 11.5 Å². The van der Waals surface area contributed by atoms with E-state index in [4.69, 9.17) is 15.2 Å². The van der Waals surface area contributed by atoms with Crippen LogP contribution >= 0.6 is 11.8 Å². The Hall–Kier alpha value is -2.42. The monoisotopic (exact) mass is 383 g/mol. The van der Waals surface area contributed by atoms with Gasteiger partial charge in [0, 0.05) is 17.7 Å². The molecule has 0 saturated heterocycles. The number of hydrogen-bond donors (Lipinski definition) is 3. The van der Waals surface area contributed by atoms with Crippen molar-refractivity contribution >= 4 is 29.5 Å². The maximum Gasteiger partial charge on any atom is 0.269 e. The molecule has 0 bridgehead atoms. The lowest BCUT2D eigenvalue weighted by atomic mass is 10.2. The molecule has 0 saturated carbocycles. The molecule has 0 fully saturated rings. The largest absolute Gasteiger partial charge is 0.493 e. The van der Waals surface area contributed by atoms with Gasteiger partial charge in [0.25, 0.3) is 5.91 Å². The summed E-state index contributed by atoms with van der Waals surface area (Å²) in [5.74, 6) is 0.341. The summed E-state index contributed by atoms with van der Waals surface area (Å²) in [6.07, 6.45) is 2.10. The molecule has 0 aliphatic carbocycles. The molecule has 144 valence electrons. The van der Waals surface area contributed by atoms with Gasteiger partial charge in [-0.15, -0.1) is 0 Å². The Bertz CT molecular complexity index is 624. The Labute approximate surface area is 157 Å². The number of hydrogen-bond acceptors (Lipinski definition) is 6. The average Bonchev–Trinajstić information content (AvgIpc) is 2.63. The van der Waals surface area contributed by atoms with E-state index in [1.165, 1.54) is 18.9 Å². The first kappa shape index (κ1) is 21.6. The van der Waals surface area contributed by atoms with Crippen molar-refractivity contribution in [3.63, 3.8) is 0 Å². The Kier molecular flexibility index (Phi) is 9.99. The van der Waals surface area contributed by atoms with Crippen molar-refractivity contribution in [1.82, 2.24) is 10.9 Å². The van der Waals surface area contributed by atoms with E-state index in [1.807, 2.05) is 0 Å². The van der Waals surface area contributed by atoms with Crippen molar-refractivity contribution in [3.8, 4) is 11.5 Å². The van der Waals surface area contributed by atoms with Gasteiger partial charge in [0.05, 0.1) is 19.5 Å². The summed E-state index contributed by atoms with van der Waals surface area (Å²) >= 11 is 1.26. The van der Waals surface area contributed by atoms with Crippen LogP contribution < -0.4 is 26.1 Å². The highest BCUT2D eigenvalue weighted by atomic mass is 32.2. The highest BCUT2D eigenvalue weighted by molar-refractivity contribution is 7.99. The van der Waals surface area contributed by atoms with Crippen molar-refractivity contribution < 1.29 is 23.9 Å². The van der Waals surface area contributed by atoms with Gasteiger partial charge in [0.1, 0.15) is 0 Å². The number of ether oxygens (including phenoxy) is 2. The lowest BCUT2D eigenvalue weighted by Crippen LogP contribution is -2.41. The van der Waals surface area contributed by atoms with Crippen LogP contribution in [0.2, 0.25) is 0 Å². The summed E-state index contributed by atoms with van der Waals surface area (Å²) < 4.78 is 10.9. The molecule has 0 heterocycles. The molecule has 0 aliphatic heterocycles. The molecular weight excluding hydrogens is 358 g/mol. The van der Waals surface area contributed by atoms with Crippen LogP contribution in [-0.2, 0) is 9.59 Å². The lowest BCUT2D eigenvalue weighted by molar-refractivity contribution is -0.121. The predicted octanol–water partition coefficient (Wildman–Crippen LogP) is 1.24. The first-order chi connectivity index (χ1) is 12.5. The molecular formula is C17H25N3O5S. The smallest absolute Gasteiger partial charge is 0.269 e. The summed E-state index contributed by atoms with van der Waals surface area (Å²) in [6.45, 7) is 2.64. The zero-order valence-corrected chi connectivity index (χ0v) is 15.8. The number of nitrogens with two attached hydrogens (primary N) is 1. The van der Waals surface area contributed by atoms with Crippen LogP contribution in [-0.4, -0.2) is 42.9 Å². The molecule has 9 heteroatoms. The number of carbonyl (C=O) groups is 3. The Morgan fingerprint density at radius 2 is 1.96 bits per heavy atom. The van der Waals surface area contributed by atoms with E-state index in [0.717, 1.165) is 12.8 Å². The molecule has 3 amide bonds. The number of carbonyl (C=O) groups excluding carboxylic acids is 3. The molecule has 1 rings (SSSR count). The maximum absolute atomic E-state index is 12.1. The standard InChI is InChI=1S/C17H25N3O5S/c1-3-4-8-25-13-6-5-12(10-14(13)24-2)17(23)20-19-16(22)7-9-26-11-15(18)21/h5-6,10H,3-4,7-9,11H2,1-2H3,(H2,18,21)(H,19,22)(H,20,23). The maximum atomic E-state index is 12.1. The van der Waals surface area contributed by atoms with Crippen LogP contribution in [0.3, 0.4) is 0 Å². The van der Waals surface area contributed by atoms with E-state index in [9.17, 15) is 14.4 Å². The van der Waals surface area contributed by atoms with E-state index in [0.29, 0.717) is 29.4 Å². The van der Waals surface area contributed by atoms with Gasteiger partial charge < -0.3 is 15.2 Å². The van der Waals surface area contributed by atoms with E-state index in [1.54, 1.807) is 18.2 Å². The first-order valence-electron chi connectivity index (χ1n) is 8.24. The van der Waals surface area contributed by atoms with Crippen LogP contribution in [0.15, 0.2) is 18.2 Å². The number of benzene rings is 1. The highest BCUT2D eigenvalue weighted by Gasteiger charge is 2.12. The molecule has 0 aromatic heterocycles. The molecule has 4 N–H and O–H groups in total. The predicted molar refractivity (Wildman–Crippen MR) is 100 cm³/mol. The van der Waals surface area contributed by atoms with Gasteiger partial charge in [0.2, 0.25) is 11.8 Å². The van der Waals surface area contributed by atoms with Crippen LogP contribution in [0.5, 0.6) is 11.5 Å². The van der Waals surface area contributed by atoms with Gasteiger partial charge in [-0.1, -0.05) is 13.3 Å². The summed E-state index contributed by atoms with van der Waals surface area (Å²) in [4.78, 5) is 34.4. The first-order valence-corrected chi connectivity index (χ1v) is 9.39. The fraction of sp³-hybridized carbons (Fsp3) is 0.471. The molecule has 0 unspecified atom stereocenters. The second-order valence-electron chi connectivity index (χ2n) is 5.34. The van der Waals surface area contributed by atoms with Crippen molar-refractivity contribution in [2.75, 3.05) is 25.2 Å². The molecule has 0 aliphatic rings. The summed E-state index contributed by atoms with van der Waals surface area (Å²) in [7, 11) is 1.50. The third-order valence-corrected chi connectivity index (χ3v) is 4.20. The number of unbranched alkanes of at least 4 members (excludes halogenated alkanes) is 1. The lowest BCUT2D eigenvalue weighted by Gasteiger charge is -2.12. The number of primary amides is 1. The van der Waals surface area contributed by atoms with Crippen molar-refractivity contribution in [2.24, 2.45) is 5.73 Å². The normalized spacial score (nSPS) is 10.1. The minimum atomic E-state index is -0.471. The molecule has 26 heavy (non-hydrogen) atoms. The van der Waals surface area contributed by atoms with Crippen molar-refractivity contribution in [1.29, 1.82) is 0 Å². The Morgan fingerprint density at radius 3 is 2.62 bits per heavy atom. The summed E-state index contributed by atoms with van der Waals surface area (Å²) in [6, 6.07) is 4.80. The Morgan fingerprint density at radius 1 is 1.19 bits per heavy atom. The van der Waals surface area contributed by atoms with Crippen LogP contribution in [0.4, 0.5) is 0 Å². The zero-order valence-electron chi connectivity index (χ0n) is 15.0. The third kappa shape index (κ3) is 8.11. The van der Waals surface area contributed by atoms with E-state index in [2.05, 4.69) is 17.8 Å². The fourth-order valence-electron chi connectivity index (χ4n) is 1.85. The van der Waals surface area contributed by atoms with Gasteiger partial charge in [-0.05, 0) is 24.6 Å². The van der Waals surface area contributed by atoms with Crippen LogP contribution in [0.25, 0.3) is 0 Å². The van der Waals surface area contributed by atoms with Crippen LogP contribution in [0, 0.1) is 0 Å². The van der Waals surface area contributed by atoms with Gasteiger partial charge in [-0.2, -0.15) is 11.8 Å². The minimum Gasteiger partial charge on any atom is -0.493 e. The van der Waals surface area contributed by atoms with Gasteiger partial charge in [-0.25, -0.2) is 0 Å². The molecule has 8 nitrogen and oxygen atoms in total. The van der Waals surface area contributed by atoms with E-state index < -0.39 is 11.8 Å². The average molecular weight is 383 g/mol. The fourth-order valence-corrected chi connectivity index (χ4v) is 2.53. The number of amides is 3. The van der Waals surface area contributed by atoms with Crippen molar-refractivity contribution in [2.45, 2.75) is 26.2 Å². The van der Waals surface area contributed by atoms with Crippen LogP contribution in [0.1, 0.15) is 36.5 Å². The molecule has 0 spiro atoms. The number of thioether (sulfide) groups is 1. The second-order valence-corrected chi connectivity index (χ2v) is 6.44. The van der Waals surface area contributed by atoms with E-state index in [-0.39, 0.29) is 18.1 Å². The molecule has 1 aromatic rings. The zero-order chi connectivity index (χ0) is 19.4. The number of rotatable bonds is 11. The summed E-state index contributed by atoms with van der Waals surface area (Å²) in [5, 5.41) is 0. The SMILES string of the molecule is CCCCOc1ccc(C(=O)NNC(=O)CCSCC(N)=O)cc1OC. The van der Waals surface area contributed by atoms with Gasteiger partial charge in [-0.3, -0.25) is 25.2 Å². The van der Waals surface area contributed by atoms with Crippen molar-refractivity contribution in [3.05, 3.63) is 23.8 Å². The molecule has 0 radical (unpaired) electrons. The third-order valence-electron chi connectivity index (χ3n) is 3.21. The number of nitrogens with one attached hydrogen (secondary N) is 2. The summed E-state index contributed by atoms with van der Waals surface area (Å²) in [5.41, 5.74) is 9.99. The number of methoxy groups -OCH3 is 1. The van der Waals surface area contributed by atoms with Gasteiger partial charge >= 0.3 is 0 Å². The number of hydrazine groups is 1.